The quantitative estimate of drug-likeness (QED) is 0.879. The fourth-order valence-corrected chi connectivity index (χ4v) is 3.96. The molecule has 3 rings (SSSR count). The fraction of sp³-hybridized carbons (Fsp3) is 0.647. The van der Waals surface area contributed by atoms with E-state index in [2.05, 4.69) is 45.2 Å². The molecule has 0 aromatic heterocycles. The van der Waals surface area contributed by atoms with Crippen molar-refractivity contribution in [1.29, 1.82) is 0 Å². The average molecular weight is 353 g/mol. The Balaban J connectivity index is 1.54. The molecule has 116 valence electrons. The van der Waals surface area contributed by atoms with Gasteiger partial charge in [-0.05, 0) is 56.6 Å². The number of halogens is 1. The maximum absolute atomic E-state index is 5.80. The van der Waals surface area contributed by atoms with E-state index < -0.39 is 0 Å². The zero-order chi connectivity index (χ0) is 14.7. The molecule has 21 heavy (non-hydrogen) atoms. The number of hydrogen-bond donors (Lipinski definition) is 1. The maximum Gasteiger partial charge on any atom is 0.127 e. The molecular formula is C17H25BrN2O. The Bertz CT molecular complexity index is 484. The van der Waals surface area contributed by atoms with Crippen molar-refractivity contribution in [2.75, 3.05) is 26.2 Å². The first-order valence-electron chi connectivity index (χ1n) is 8.16. The molecular weight excluding hydrogens is 328 g/mol. The predicted molar refractivity (Wildman–Crippen MR) is 89.9 cm³/mol. The molecule has 0 saturated carbocycles. The number of piperidine rings is 1. The first kappa shape index (κ1) is 15.3. The lowest BCUT2D eigenvalue weighted by Gasteiger charge is -2.32. The first-order valence-corrected chi connectivity index (χ1v) is 8.95. The van der Waals surface area contributed by atoms with Crippen LogP contribution in [0, 0.1) is 0 Å². The zero-order valence-electron chi connectivity index (χ0n) is 12.8. The van der Waals surface area contributed by atoms with Crippen molar-refractivity contribution < 1.29 is 4.74 Å². The SMILES string of the molecule is CCCN1CCC(NCc2cc(Br)cc3c2OCC3)CC1. The Hall–Kier alpha value is -0.580. The Morgan fingerprint density at radius 2 is 2.14 bits per heavy atom. The van der Waals surface area contributed by atoms with E-state index in [9.17, 15) is 0 Å². The second-order valence-electron chi connectivity index (χ2n) is 6.15. The van der Waals surface area contributed by atoms with Gasteiger partial charge in [0.25, 0.3) is 0 Å². The molecule has 1 aromatic rings. The van der Waals surface area contributed by atoms with Crippen molar-refractivity contribution in [3.63, 3.8) is 0 Å². The molecule has 0 amide bonds. The van der Waals surface area contributed by atoms with Crippen LogP contribution < -0.4 is 10.1 Å². The highest BCUT2D eigenvalue weighted by atomic mass is 79.9. The summed E-state index contributed by atoms with van der Waals surface area (Å²) in [6.07, 6.45) is 4.82. The van der Waals surface area contributed by atoms with E-state index in [0.717, 1.165) is 25.3 Å². The lowest BCUT2D eigenvalue weighted by molar-refractivity contribution is 0.197. The van der Waals surface area contributed by atoms with Crippen LogP contribution in [0.5, 0.6) is 5.75 Å². The Morgan fingerprint density at radius 3 is 2.90 bits per heavy atom. The average Bonchev–Trinajstić information content (AvgIpc) is 2.94. The van der Waals surface area contributed by atoms with Gasteiger partial charge in [0.2, 0.25) is 0 Å². The van der Waals surface area contributed by atoms with Crippen LogP contribution >= 0.6 is 15.9 Å². The van der Waals surface area contributed by atoms with Crippen LogP contribution in [0.25, 0.3) is 0 Å². The molecule has 0 unspecified atom stereocenters. The Labute approximate surface area is 136 Å². The molecule has 1 saturated heterocycles. The van der Waals surface area contributed by atoms with Crippen LogP contribution in [0.1, 0.15) is 37.3 Å². The summed E-state index contributed by atoms with van der Waals surface area (Å²) in [6, 6.07) is 5.03. The molecule has 0 aliphatic carbocycles. The van der Waals surface area contributed by atoms with Crippen molar-refractivity contribution in [3.05, 3.63) is 27.7 Å². The molecule has 4 heteroatoms. The van der Waals surface area contributed by atoms with Crippen LogP contribution in [0.4, 0.5) is 0 Å². The first-order chi connectivity index (χ1) is 10.3. The minimum atomic E-state index is 0.647. The second-order valence-corrected chi connectivity index (χ2v) is 7.06. The highest BCUT2D eigenvalue weighted by Crippen LogP contribution is 2.33. The summed E-state index contributed by atoms with van der Waals surface area (Å²) in [7, 11) is 0. The molecule has 2 heterocycles. The van der Waals surface area contributed by atoms with Crippen LogP contribution in [0.2, 0.25) is 0 Å². The number of likely N-dealkylation sites (tertiary alicyclic amines) is 1. The van der Waals surface area contributed by atoms with E-state index in [0.29, 0.717) is 6.04 Å². The number of rotatable bonds is 5. The Kier molecular flexibility index (Phi) is 5.19. The summed E-state index contributed by atoms with van der Waals surface area (Å²) in [5.74, 6) is 1.12. The topological polar surface area (TPSA) is 24.5 Å². The van der Waals surface area contributed by atoms with Gasteiger partial charge in [0.1, 0.15) is 5.75 Å². The lowest BCUT2D eigenvalue weighted by atomic mass is 10.0. The number of nitrogens with zero attached hydrogens (tertiary/aromatic N) is 1. The third kappa shape index (κ3) is 3.79. The highest BCUT2D eigenvalue weighted by Gasteiger charge is 2.20. The van der Waals surface area contributed by atoms with Crippen LogP contribution in [0.15, 0.2) is 16.6 Å². The fourth-order valence-electron chi connectivity index (χ4n) is 3.41. The van der Waals surface area contributed by atoms with Crippen molar-refractivity contribution in [1.82, 2.24) is 10.2 Å². The van der Waals surface area contributed by atoms with Gasteiger partial charge in [-0.25, -0.2) is 0 Å². The van der Waals surface area contributed by atoms with Crippen molar-refractivity contribution in [2.45, 2.75) is 45.2 Å². The summed E-state index contributed by atoms with van der Waals surface area (Å²) >= 11 is 3.62. The highest BCUT2D eigenvalue weighted by molar-refractivity contribution is 9.10. The minimum absolute atomic E-state index is 0.647. The molecule has 0 atom stereocenters. The molecule has 2 aliphatic rings. The Morgan fingerprint density at radius 1 is 1.33 bits per heavy atom. The van der Waals surface area contributed by atoms with E-state index in [1.54, 1.807) is 0 Å². The number of hydrogen-bond acceptors (Lipinski definition) is 3. The maximum atomic E-state index is 5.80. The van der Waals surface area contributed by atoms with Gasteiger partial charge in [0.05, 0.1) is 6.61 Å². The van der Waals surface area contributed by atoms with E-state index >= 15 is 0 Å². The molecule has 0 radical (unpaired) electrons. The van der Waals surface area contributed by atoms with Crippen LogP contribution in [0.3, 0.4) is 0 Å². The summed E-state index contributed by atoms with van der Waals surface area (Å²) < 4.78 is 6.97. The van der Waals surface area contributed by atoms with Crippen molar-refractivity contribution in [2.24, 2.45) is 0 Å². The van der Waals surface area contributed by atoms with Crippen molar-refractivity contribution >= 4 is 15.9 Å². The van der Waals surface area contributed by atoms with E-state index in [1.165, 1.54) is 54.5 Å². The standard InChI is InChI=1S/C17H25BrN2O/c1-2-6-20-7-3-16(4-8-20)19-12-14-11-15(18)10-13-5-9-21-17(13)14/h10-11,16,19H,2-9,12H2,1H3. The molecule has 0 spiro atoms. The van der Waals surface area contributed by atoms with Crippen LogP contribution in [-0.2, 0) is 13.0 Å². The molecule has 1 N–H and O–H groups in total. The monoisotopic (exact) mass is 352 g/mol. The van der Waals surface area contributed by atoms with Gasteiger partial charge in [0.15, 0.2) is 0 Å². The van der Waals surface area contributed by atoms with Crippen LogP contribution in [-0.4, -0.2) is 37.2 Å². The molecule has 1 aromatic carbocycles. The second kappa shape index (κ2) is 7.12. The normalized spacial score (nSPS) is 19.5. The summed E-state index contributed by atoms with van der Waals surface area (Å²) in [6.45, 7) is 7.73. The van der Waals surface area contributed by atoms with Gasteiger partial charge in [0, 0.05) is 29.0 Å². The summed E-state index contributed by atoms with van der Waals surface area (Å²) in [5, 5.41) is 3.73. The lowest BCUT2D eigenvalue weighted by Crippen LogP contribution is -2.42. The third-order valence-corrected chi connectivity index (χ3v) is 4.99. The molecule has 3 nitrogen and oxygen atoms in total. The zero-order valence-corrected chi connectivity index (χ0v) is 14.4. The van der Waals surface area contributed by atoms with Gasteiger partial charge in [-0.15, -0.1) is 0 Å². The van der Waals surface area contributed by atoms with E-state index in [4.69, 9.17) is 4.74 Å². The molecule has 1 fully saturated rings. The van der Waals surface area contributed by atoms with Crippen molar-refractivity contribution in [3.8, 4) is 5.75 Å². The number of benzene rings is 1. The molecule has 2 aliphatic heterocycles. The van der Waals surface area contributed by atoms with Gasteiger partial charge in [-0.1, -0.05) is 22.9 Å². The van der Waals surface area contributed by atoms with Gasteiger partial charge >= 0.3 is 0 Å². The molecule has 0 bridgehead atoms. The number of fused-ring (bicyclic) bond motifs is 1. The third-order valence-electron chi connectivity index (χ3n) is 4.53. The summed E-state index contributed by atoms with van der Waals surface area (Å²) in [4.78, 5) is 2.58. The largest absolute Gasteiger partial charge is 0.493 e. The van der Waals surface area contributed by atoms with Gasteiger partial charge in [-0.3, -0.25) is 0 Å². The minimum Gasteiger partial charge on any atom is -0.493 e. The number of ether oxygens (including phenoxy) is 1. The predicted octanol–water partition coefficient (Wildman–Crippen LogP) is 3.35. The smallest absolute Gasteiger partial charge is 0.127 e. The number of nitrogens with one attached hydrogen (secondary N) is 1. The van der Waals surface area contributed by atoms with Gasteiger partial charge < -0.3 is 15.0 Å². The summed E-state index contributed by atoms with van der Waals surface area (Å²) in [5.41, 5.74) is 2.65. The van der Waals surface area contributed by atoms with E-state index in [-0.39, 0.29) is 0 Å². The van der Waals surface area contributed by atoms with E-state index in [1.807, 2.05) is 0 Å². The van der Waals surface area contributed by atoms with Gasteiger partial charge in [-0.2, -0.15) is 0 Å².